The van der Waals surface area contributed by atoms with E-state index in [0.717, 1.165) is 0 Å². The van der Waals surface area contributed by atoms with Gasteiger partial charge in [0.2, 0.25) is 0 Å². The maximum Gasteiger partial charge on any atom is 0.379 e. The molecule has 0 spiro atoms. The first-order valence-electron chi connectivity index (χ1n) is 5.40. The molecular weight excluding hydrogens is 234 g/mol. The van der Waals surface area contributed by atoms with Crippen LogP contribution in [0.3, 0.4) is 0 Å². The van der Waals surface area contributed by atoms with Crippen molar-refractivity contribution < 1.29 is 14.3 Å². The zero-order chi connectivity index (χ0) is 13.0. The highest BCUT2D eigenvalue weighted by Gasteiger charge is 2.17. The van der Waals surface area contributed by atoms with Crippen molar-refractivity contribution in [3.05, 3.63) is 42.2 Å². The number of nitrogens with zero attached hydrogens (tertiary/aromatic N) is 3. The molecule has 2 rings (SSSR count). The van der Waals surface area contributed by atoms with Crippen molar-refractivity contribution in [3.8, 4) is 5.69 Å². The van der Waals surface area contributed by atoms with Crippen LogP contribution >= 0.6 is 0 Å². The van der Waals surface area contributed by atoms with E-state index in [0.29, 0.717) is 5.69 Å². The minimum atomic E-state index is -0.858. The molecule has 6 heteroatoms. The topological polar surface area (TPSA) is 74.1 Å². The van der Waals surface area contributed by atoms with E-state index in [1.54, 1.807) is 31.2 Å². The van der Waals surface area contributed by atoms with Crippen molar-refractivity contribution in [2.75, 3.05) is 6.61 Å². The lowest BCUT2D eigenvalue weighted by atomic mass is 10.1. The van der Waals surface area contributed by atoms with Crippen LogP contribution in [0.2, 0.25) is 0 Å². The number of benzene rings is 1. The Labute approximate surface area is 103 Å². The molecule has 0 saturated carbocycles. The van der Waals surface area contributed by atoms with Gasteiger partial charge in [0.15, 0.2) is 0 Å². The normalized spacial score (nSPS) is 10.1. The summed E-state index contributed by atoms with van der Waals surface area (Å²) in [5, 5.41) is 7.89. The molecule has 0 bridgehead atoms. The van der Waals surface area contributed by atoms with E-state index in [-0.39, 0.29) is 12.2 Å². The quantitative estimate of drug-likeness (QED) is 0.456. The van der Waals surface area contributed by atoms with Gasteiger partial charge < -0.3 is 4.74 Å². The SMILES string of the molecule is CCOC(=O)C(=O)c1cccc(-n2nccn2)c1. The molecule has 2 aromatic rings. The smallest absolute Gasteiger partial charge is 0.379 e. The van der Waals surface area contributed by atoms with Gasteiger partial charge in [-0.2, -0.15) is 15.0 Å². The average Bonchev–Trinajstić information content (AvgIpc) is 2.92. The van der Waals surface area contributed by atoms with Gasteiger partial charge in [0.25, 0.3) is 5.78 Å². The van der Waals surface area contributed by atoms with Gasteiger partial charge in [0, 0.05) is 5.56 Å². The predicted octanol–water partition coefficient (Wildman–Crippen LogP) is 1.01. The summed E-state index contributed by atoms with van der Waals surface area (Å²) < 4.78 is 4.66. The Morgan fingerprint density at radius 3 is 2.67 bits per heavy atom. The molecule has 0 fully saturated rings. The van der Waals surface area contributed by atoms with E-state index in [4.69, 9.17) is 0 Å². The fourth-order valence-corrected chi connectivity index (χ4v) is 1.44. The summed E-state index contributed by atoms with van der Waals surface area (Å²) in [5.41, 5.74) is 0.860. The van der Waals surface area contributed by atoms with Gasteiger partial charge in [-0.25, -0.2) is 4.79 Å². The van der Waals surface area contributed by atoms with Crippen LogP contribution in [0.1, 0.15) is 17.3 Å². The molecule has 0 amide bonds. The summed E-state index contributed by atoms with van der Waals surface area (Å²) >= 11 is 0. The third-order valence-corrected chi connectivity index (χ3v) is 2.22. The molecule has 0 aliphatic rings. The second-order valence-electron chi connectivity index (χ2n) is 3.42. The summed E-state index contributed by atoms with van der Waals surface area (Å²) in [5.74, 6) is -1.53. The standard InChI is InChI=1S/C12H11N3O3/c1-2-18-12(17)11(16)9-4-3-5-10(8-9)15-13-6-7-14-15/h3-8H,2H2,1H3. The van der Waals surface area contributed by atoms with Gasteiger partial charge in [-0.3, -0.25) is 4.79 Å². The van der Waals surface area contributed by atoms with Crippen LogP contribution in [0.5, 0.6) is 0 Å². The van der Waals surface area contributed by atoms with Crippen LogP contribution in [0.15, 0.2) is 36.7 Å². The lowest BCUT2D eigenvalue weighted by molar-refractivity contribution is -0.137. The monoisotopic (exact) mass is 245 g/mol. The van der Waals surface area contributed by atoms with E-state index in [1.165, 1.54) is 17.2 Å². The van der Waals surface area contributed by atoms with Crippen LogP contribution in [0.25, 0.3) is 5.69 Å². The number of hydrogen-bond acceptors (Lipinski definition) is 5. The molecule has 1 aromatic carbocycles. The molecule has 0 aliphatic heterocycles. The molecule has 0 N–H and O–H groups in total. The highest BCUT2D eigenvalue weighted by atomic mass is 16.5. The van der Waals surface area contributed by atoms with Crippen LogP contribution in [-0.4, -0.2) is 33.4 Å². The van der Waals surface area contributed by atoms with Crippen molar-refractivity contribution in [1.82, 2.24) is 15.0 Å². The predicted molar refractivity (Wildman–Crippen MR) is 62.3 cm³/mol. The van der Waals surface area contributed by atoms with Gasteiger partial charge >= 0.3 is 5.97 Å². The van der Waals surface area contributed by atoms with Gasteiger partial charge in [-0.1, -0.05) is 12.1 Å². The second-order valence-corrected chi connectivity index (χ2v) is 3.42. The summed E-state index contributed by atoms with van der Waals surface area (Å²) in [4.78, 5) is 24.4. The Kier molecular flexibility index (Phi) is 3.47. The molecule has 0 unspecified atom stereocenters. The minimum Gasteiger partial charge on any atom is -0.460 e. The Balaban J connectivity index is 2.28. The van der Waals surface area contributed by atoms with Crippen molar-refractivity contribution >= 4 is 11.8 Å². The van der Waals surface area contributed by atoms with Gasteiger partial charge in [0.05, 0.1) is 24.7 Å². The zero-order valence-corrected chi connectivity index (χ0v) is 9.74. The van der Waals surface area contributed by atoms with E-state index in [2.05, 4.69) is 14.9 Å². The minimum absolute atomic E-state index is 0.172. The fraction of sp³-hybridized carbons (Fsp3) is 0.167. The molecular formula is C12H11N3O3. The van der Waals surface area contributed by atoms with E-state index in [1.807, 2.05) is 0 Å². The molecule has 92 valence electrons. The lowest BCUT2D eigenvalue weighted by Gasteiger charge is -2.03. The highest BCUT2D eigenvalue weighted by Crippen LogP contribution is 2.09. The van der Waals surface area contributed by atoms with Crippen molar-refractivity contribution in [1.29, 1.82) is 0 Å². The van der Waals surface area contributed by atoms with Crippen molar-refractivity contribution in [3.63, 3.8) is 0 Å². The highest BCUT2D eigenvalue weighted by molar-refractivity contribution is 6.40. The number of ketones is 1. The first kappa shape index (κ1) is 12.0. The van der Waals surface area contributed by atoms with Crippen LogP contribution in [0, 0.1) is 0 Å². The van der Waals surface area contributed by atoms with Crippen molar-refractivity contribution in [2.45, 2.75) is 6.92 Å². The number of Topliss-reactive ketones (excluding diaryl/α,β-unsaturated/α-hetero) is 1. The molecule has 1 aromatic heterocycles. The first-order chi connectivity index (χ1) is 8.72. The molecule has 0 saturated heterocycles. The number of aromatic nitrogens is 3. The third kappa shape index (κ3) is 2.42. The van der Waals surface area contributed by atoms with Gasteiger partial charge in [0.1, 0.15) is 0 Å². The number of ether oxygens (including phenoxy) is 1. The zero-order valence-electron chi connectivity index (χ0n) is 9.74. The van der Waals surface area contributed by atoms with Crippen LogP contribution in [0.4, 0.5) is 0 Å². The maximum absolute atomic E-state index is 11.7. The number of hydrogen-bond donors (Lipinski definition) is 0. The summed E-state index contributed by atoms with van der Waals surface area (Å²) in [6, 6.07) is 6.48. The Morgan fingerprint density at radius 1 is 1.28 bits per heavy atom. The van der Waals surface area contributed by atoms with E-state index in [9.17, 15) is 9.59 Å². The Hall–Kier alpha value is -2.50. The molecule has 1 heterocycles. The third-order valence-electron chi connectivity index (χ3n) is 2.22. The molecule has 0 atom stereocenters. The van der Waals surface area contributed by atoms with Gasteiger partial charge in [-0.15, -0.1) is 0 Å². The maximum atomic E-state index is 11.7. The Morgan fingerprint density at radius 2 is 2.00 bits per heavy atom. The number of rotatable bonds is 4. The molecule has 0 radical (unpaired) electrons. The average molecular weight is 245 g/mol. The number of esters is 1. The molecule has 0 aliphatic carbocycles. The summed E-state index contributed by atoms with van der Waals surface area (Å²) in [6.45, 7) is 1.82. The van der Waals surface area contributed by atoms with Crippen LogP contribution < -0.4 is 0 Å². The van der Waals surface area contributed by atoms with E-state index < -0.39 is 11.8 Å². The molecule has 6 nitrogen and oxygen atoms in total. The number of carbonyl (C=O) groups excluding carboxylic acids is 2. The summed E-state index contributed by atoms with van der Waals surface area (Å²) in [6.07, 6.45) is 3.06. The largest absolute Gasteiger partial charge is 0.460 e. The van der Waals surface area contributed by atoms with E-state index >= 15 is 0 Å². The van der Waals surface area contributed by atoms with Gasteiger partial charge in [-0.05, 0) is 19.1 Å². The first-order valence-corrected chi connectivity index (χ1v) is 5.40. The lowest BCUT2D eigenvalue weighted by Crippen LogP contribution is -2.17. The summed E-state index contributed by atoms with van der Waals surface area (Å²) in [7, 11) is 0. The van der Waals surface area contributed by atoms with Crippen molar-refractivity contribution in [2.24, 2.45) is 0 Å². The second kappa shape index (κ2) is 5.22. The Bertz CT molecular complexity index is 564. The fourth-order valence-electron chi connectivity index (χ4n) is 1.44. The number of carbonyl (C=O) groups is 2. The van der Waals surface area contributed by atoms with Crippen LogP contribution in [-0.2, 0) is 9.53 Å². The molecule has 18 heavy (non-hydrogen) atoms.